The topological polar surface area (TPSA) is 84.2 Å². The molecule has 0 saturated carbocycles. The van der Waals surface area contributed by atoms with Crippen molar-refractivity contribution in [1.29, 1.82) is 0 Å². The van der Waals surface area contributed by atoms with Crippen molar-refractivity contribution >= 4 is 29.1 Å². The smallest absolute Gasteiger partial charge is 0.336 e. The molecule has 32 heavy (non-hydrogen) atoms. The standard InChI is InChI=1S/C26H25N3O3/c1-2-3-8-25-28-23-14-13-20(27-17-30)15-24(23)29(25)16-18-9-11-19(12-10-18)21-6-4-5-7-22(21)26(31)32/h4-7,9-15,17H,2-3,8,16H2,1H3,(H,27,30)(H,31,32). The molecule has 1 aromatic heterocycles. The number of carboxylic acid groups (broad SMARTS) is 1. The zero-order chi connectivity index (χ0) is 22.5. The van der Waals surface area contributed by atoms with E-state index in [-0.39, 0.29) is 5.56 Å². The summed E-state index contributed by atoms with van der Waals surface area (Å²) in [6.07, 6.45) is 3.69. The van der Waals surface area contributed by atoms with Gasteiger partial charge in [-0.2, -0.15) is 0 Å². The molecule has 162 valence electrons. The maximum absolute atomic E-state index is 11.6. The first-order valence-electron chi connectivity index (χ1n) is 10.7. The monoisotopic (exact) mass is 427 g/mol. The first-order chi connectivity index (χ1) is 15.6. The van der Waals surface area contributed by atoms with Gasteiger partial charge < -0.3 is 15.0 Å². The number of hydrogen-bond acceptors (Lipinski definition) is 3. The molecule has 0 aliphatic rings. The Bertz CT molecular complexity index is 1260. The number of nitrogens with zero attached hydrogens (tertiary/aromatic N) is 2. The van der Waals surface area contributed by atoms with Crippen LogP contribution < -0.4 is 5.32 Å². The summed E-state index contributed by atoms with van der Waals surface area (Å²) >= 11 is 0. The Morgan fingerprint density at radius 3 is 2.59 bits per heavy atom. The van der Waals surface area contributed by atoms with Crippen LogP contribution in [0.5, 0.6) is 0 Å². The maximum atomic E-state index is 11.6. The number of aromatic carboxylic acids is 1. The number of anilines is 1. The highest BCUT2D eigenvalue weighted by Crippen LogP contribution is 2.26. The number of hydrogen-bond donors (Lipinski definition) is 2. The third-order valence-electron chi connectivity index (χ3n) is 5.57. The summed E-state index contributed by atoms with van der Waals surface area (Å²) < 4.78 is 2.20. The molecule has 0 bridgehead atoms. The third kappa shape index (κ3) is 4.39. The van der Waals surface area contributed by atoms with Crippen molar-refractivity contribution in [2.24, 2.45) is 0 Å². The number of carbonyl (C=O) groups excluding carboxylic acids is 1. The number of aryl methyl sites for hydroxylation is 1. The van der Waals surface area contributed by atoms with Crippen LogP contribution in [0.4, 0.5) is 5.69 Å². The minimum Gasteiger partial charge on any atom is -0.478 e. The number of carboxylic acids is 1. The number of aromatic nitrogens is 2. The van der Waals surface area contributed by atoms with Gasteiger partial charge >= 0.3 is 5.97 Å². The molecule has 0 aliphatic carbocycles. The Balaban J connectivity index is 1.69. The van der Waals surface area contributed by atoms with Gasteiger partial charge in [0, 0.05) is 18.7 Å². The van der Waals surface area contributed by atoms with E-state index in [2.05, 4.69) is 16.8 Å². The molecular weight excluding hydrogens is 402 g/mol. The van der Waals surface area contributed by atoms with Crippen LogP contribution in [0.1, 0.15) is 41.5 Å². The van der Waals surface area contributed by atoms with Crippen molar-refractivity contribution in [2.45, 2.75) is 32.7 Å². The molecule has 0 radical (unpaired) electrons. The van der Waals surface area contributed by atoms with Gasteiger partial charge in [0.1, 0.15) is 5.82 Å². The average molecular weight is 428 g/mol. The summed E-state index contributed by atoms with van der Waals surface area (Å²) in [5, 5.41) is 12.2. The van der Waals surface area contributed by atoms with Crippen molar-refractivity contribution < 1.29 is 14.7 Å². The van der Waals surface area contributed by atoms with Gasteiger partial charge in [0.05, 0.1) is 16.6 Å². The Labute approximate surface area is 186 Å². The van der Waals surface area contributed by atoms with E-state index in [0.29, 0.717) is 18.5 Å². The fourth-order valence-corrected chi connectivity index (χ4v) is 3.93. The van der Waals surface area contributed by atoms with Crippen molar-refractivity contribution in [2.75, 3.05) is 5.32 Å². The lowest BCUT2D eigenvalue weighted by molar-refractivity contribution is -0.105. The van der Waals surface area contributed by atoms with E-state index in [1.165, 1.54) is 0 Å². The molecule has 0 atom stereocenters. The second-order valence-corrected chi connectivity index (χ2v) is 7.73. The number of rotatable bonds is 9. The van der Waals surface area contributed by atoms with E-state index < -0.39 is 5.97 Å². The number of nitrogens with one attached hydrogen (secondary N) is 1. The predicted molar refractivity (Wildman–Crippen MR) is 126 cm³/mol. The van der Waals surface area contributed by atoms with Gasteiger partial charge in [-0.25, -0.2) is 9.78 Å². The molecule has 6 heteroatoms. The molecule has 6 nitrogen and oxygen atoms in total. The Hall–Kier alpha value is -3.93. The molecule has 4 rings (SSSR count). The number of benzene rings is 3. The van der Waals surface area contributed by atoms with Gasteiger partial charge in [0.2, 0.25) is 6.41 Å². The quantitative estimate of drug-likeness (QED) is 0.352. The molecule has 1 amide bonds. The number of amides is 1. The van der Waals surface area contributed by atoms with Crippen LogP contribution in [0.25, 0.3) is 22.2 Å². The van der Waals surface area contributed by atoms with E-state index in [0.717, 1.165) is 52.9 Å². The van der Waals surface area contributed by atoms with Crippen LogP contribution in [-0.2, 0) is 17.8 Å². The normalized spacial score (nSPS) is 10.9. The second-order valence-electron chi connectivity index (χ2n) is 7.73. The molecule has 0 aliphatic heterocycles. The predicted octanol–water partition coefficient (Wildman–Crippen LogP) is 5.36. The number of unbranched alkanes of at least 4 members (excludes halogenated alkanes) is 1. The molecule has 0 fully saturated rings. The molecule has 0 spiro atoms. The van der Waals surface area contributed by atoms with E-state index in [1.807, 2.05) is 54.6 Å². The lowest BCUT2D eigenvalue weighted by Crippen LogP contribution is -2.06. The highest BCUT2D eigenvalue weighted by molar-refractivity contribution is 5.96. The Morgan fingerprint density at radius 2 is 1.88 bits per heavy atom. The fourth-order valence-electron chi connectivity index (χ4n) is 3.93. The van der Waals surface area contributed by atoms with E-state index in [1.54, 1.807) is 12.1 Å². The lowest BCUT2D eigenvalue weighted by Gasteiger charge is -2.11. The SMILES string of the molecule is CCCCc1nc2ccc(NC=O)cc2n1Cc1ccc(-c2ccccc2C(=O)O)cc1. The molecule has 2 N–H and O–H groups in total. The van der Waals surface area contributed by atoms with E-state index >= 15 is 0 Å². The van der Waals surface area contributed by atoms with Gasteiger partial charge in [-0.05, 0) is 47.4 Å². The van der Waals surface area contributed by atoms with Gasteiger partial charge in [-0.3, -0.25) is 4.79 Å². The van der Waals surface area contributed by atoms with E-state index in [9.17, 15) is 14.7 Å². The average Bonchev–Trinajstić information content (AvgIpc) is 3.15. The van der Waals surface area contributed by atoms with Crippen molar-refractivity contribution in [3.8, 4) is 11.1 Å². The molecular formula is C26H25N3O3. The van der Waals surface area contributed by atoms with Crippen molar-refractivity contribution in [3.63, 3.8) is 0 Å². The summed E-state index contributed by atoms with van der Waals surface area (Å²) in [5.41, 5.74) is 5.56. The highest BCUT2D eigenvalue weighted by Gasteiger charge is 2.13. The summed E-state index contributed by atoms with van der Waals surface area (Å²) in [6, 6.07) is 20.7. The number of carbonyl (C=O) groups is 2. The van der Waals surface area contributed by atoms with Crippen LogP contribution in [-0.4, -0.2) is 27.0 Å². The number of imidazole rings is 1. The zero-order valence-corrected chi connectivity index (χ0v) is 17.9. The second kappa shape index (κ2) is 9.47. The van der Waals surface area contributed by atoms with Gasteiger partial charge in [0.15, 0.2) is 0 Å². The van der Waals surface area contributed by atoms with Gasteiger partial charge in [-0.15, -0.1) is 0 Å². The molecule has 1 heterocycles. The minimum absolute atomic E-state index is 0.290. The Morgan fingerprint density at radius 1 is 1.09 bits per heavy atom. The molecule has 0 unspecified atom stereocenters. The van der Waals surface area contributed by atoms with Crippen LogP contribution in [0, 0.1) is 0 Å². The highest BCUT2D eigenvalue weighted by atomic mass is 16.4. The first kappa shape index (κ1) is 21.3. The largest absolute Gasteiger partial charge is 0.478 e. The van der Waals surface area contributed by atoms with Crippen LogP contribution in [0.3, 0.4) is 0 Å². The first-order valence-corrected chi connectivity index (χ1v) is 10.7. The van der Waals surface area contributed by atoms with Gasteiger partial charge in [0.25, 0.3) is 0 Å². The fraction of sp³-hybridized carbons (Fsp3) is 0.192. The van der Waals surface area contributed by atoms with Crippen molar-refractivity contribution in [1.82, 2.24) is 9.55 Å². The molecule has 0 saturated heterocycles. The van der Waals surface area contributed by atoms with Crippen LogP contribution in [0.15, 0.2) is 66.7 Å². The maximum Gasteiger partial charge on any atom is 0.336 e. The molecule has 4 aromatic rings. The summed E-state index contributed by atoms with van der Waals surface area (Å²) in [6.45, 7) is 2.80. The lowest BCUT2D eigenvalue weighted by atomic mass is 9.99. The Kier molecular flexibility index (Phi) is 6.31. The molecule has 3 aromatic carbocycles. The summed E-state index contributed by atoms with van der Waals surface area (Å²) in [4.78, 5) is 27.3. The van der Waals surface area contributed by atoms with Crippen LogP contribution >= 0.6 is 0 Å². The van der Waals surface area contributed by atoms with Gasteiger partial charge in [-0.1, -0.05) is 55.8 Å². The van der Waals surface area contributed by atoms with E-state index in [4.69, 9.17) is 4.98 Å². The minimum atomic E-state index is -0.935. The van der Waals surface area contributed by atoms with Crippen LogP contribution in [0.2, 0.25) is 0 Å². The summed E-state index contributed by atoms with van der Waals surface area (Å²) in [7, 11) is 0. The number of fused-ring (bicyclic) bond motifs is 1. The zero-order valence-electron chi connectivity index (χ0n) is 17.9. The third-order valence-corrected chi connectivity index (χ3v) is 5.57. The van der Waals surface area contributed by atoms with Crippen molar-refractivity contribution in [3.05, 3.63) is 83.7 Å². The summed E-state index contributed by atoms with van der Waals surface area (Å²) in [5.74, 6) is 0.0836.